The molecule has 0 bridgehead atoms. The molecule has 190 valence electrons. The SMILES string of the molecule is CC(C)(C)C[C@H](NC(=O)/C=C/c1ccc(Cl)cc1F)C(=O)NC(C[C@@H]1CCNC1=O)C(=O)C(N)=O. The highest BCUT2D eigenvalue weighted by molar-refractivity contribution is 6.38. The van der Waals surface area contributed by atoms with E-state index in [1.807, 2.05) is 20.8 Å². The predicted octanol–water partition coefficient (Wildman–Crippen LogP) is 1.48. The monoisotopic (exact) mass is 508 g/mol. The zero-order valence-corrected chi connectivity index (χ0v) is 20.6. The molecule has 1 unspecified atom stereocenters. The summed E-state index contributed by atoms with van der Waals surface area (Å²) in [6.45, 7) is 5.99. The molecular formula is C24H30ClFN4O5. The summed E-state index contributed by atoms with van der Waals surface area (Å²) in [4.78, 5) is 61.4. The van der Waals surface area contributed by atoms with Gasteiger partial charge < -0.3 is 21.7 Å². The standard InChI is InChI=1S/C24H30ClFN4O5/c1-24(2,3)12-18(29-19(31)7-5-13-4-6-15(25)11-16(13)26)23(35)30-17(20(32)21(27)33)10-14-8-9-28-22(14)34/h4-7,11,14,17-18H,8-10,12H2,1-3H3,(H2,27,33)(H,28,34)(H,29,31)(H,30,35)/b7-5+/t14-,17?,18-/m0/s1. The van der Waals surface area contributed by atoms with Gasteiger partial charge in [0.25, 0.3) is 5.91 Å². The van der Waals surface area contributed by atoms with Crippen LogP contribution < -0.4 is 21.7 Å². The second-order valence-electron chi connectivity index (χ2n) is 9.63. The number of hydrogen-bond donors (Lipinski definition) is 4. The third-order valence-electron chi connectivity index (χ3n) is 5.39. The van der Waals surface area contributed by atoms with Crippen LogP contribution in [0.1, 0.15) is 45.6 Å². The number of hydrogen-bond acceptors (Lipinski definition) is 5. The van der Waals surface area contributed by atoms with E-state index in [0.29, 0.717) is 13.0 Å². The van der Waals surface area contributed by atoms with Gasteiger partial charge >= 0.3 is 0 Å². The number of amides is 4. The van der Waals surface area contributed by atoms with Crippen molar-refractivity contribution in [3.63, 3.8) is 0 Å². The van der Waals surface area contributed by atoms with Crippen LogP contribution in [0.25, 0.3) is 6.08 Å². The number of ketones is 1. The predicted molar refractivity (Wildman–Crippen MR) is 128 cm³/mol. The third kappa shape index (κ3) is 8.79. The summed E-state index contributed by atoms with van der Waals surface area (Å²) < 4.78 is 14.0. The summed E-state index contributed by atoms with van der Waals surface area (Å²) in [5.74, 6) is -5.10. The van der Waals surface area contributed by atoms with Crippen LogP contribution in [-0.4, -0.2) is 48.0 Å². The minimum Gasteiger partial charge on any atom is -0.363 e. The van der Waals surface area contributed by atoms with Gasteiger partial charge in [0.1, 0.15) is 11.9 Å². The Kier molecular flexibility index (Phi) is 9.53. The summed E-state index contributed by atoms with van der Waals surface area (Å²) in [6.07, 6.45) is 2.86. The number of benzene rings is 1. The second-order valence-corrected chi connectivity index (χ2v) is 10.1. The lowest BCUT2D eigenvalue weighted by atomic mass is 9.87. The molecule has 1 fully saturated rings. The number of carbonyl (C=O) groups excluding carboxylic acids is 5. The Morgan fingerprint density at radius 3 is 2.46 bits per heavy atom. The molecule has 3 atom stereocenters. The highest BCUT2D eigenvalue weighted by Gasteiger charge is 2.35. The van der Waals surface area contributed by atoms with Crippen molar-refractivity contribution in [2.45, 2.75) is 52.1 Å². The van der Waals surface area contributed by atoms with Crippen molar-refractivity contribution < 1.29 is 28.4 Å². The molecule has 0 radical (unpaired) electrons. The minimum atomic E-state index is -1.31. The van der Waals surface area contributed by atoms with Gasteiger partial charge in [0, 0.05) is 29.1 Å². The number of carbonyl (C=O) groups is 5. The molecular weight excluding hydrogens is 479 g/mol. The maximum atomic E-state index is 14.0. The molecule has 1 aliphatic rings. The van der Waals surface area contributed by atoms with E-state index in [0.717, 1.165) is 12.1 Å². The second kappa shape index (κ2) is 11.9. The average Bonchev–Trinajstić information content (AvgIpc) is 3.14. The average molecular weight is 509 g/mol. The van der Waals surface area contributed by atoms with Gasteiger partial charge in [0.05, 0.1) is 6.04 Å². The van der Waals surface area contributed by atoms with Crippen LogP contribution in [0.15, 0.2) is 24.3 Å². The lowest BCUT2D eigenvalue weighted by Crippen LogP contribution is -2.54. The van der Waals surface area contributed by atoms with Gasteiger partial charge in [-0.15, -0.1) is 0 Å². The molecule has 0 spiro atoms. The van der Waals surface area contributed by atoms with E-state index in [1.54, 1.807) is 0 Å². The third-order valence-corrected chi connectivity index (χ3v) is 5.62. The largest absolute Gasteiger partial charge is 0.363 e. The fourth-order valence-corrected chi connectivity index (χ4v) is 3.83. The number of nitrogens with two attached hydrogens (primary N) is 1. The Labute approximate surface area is 208 Å². The van der Waals surface area contributed by atoms with Crippen molar-refractivity contribution in [3.05, 3.63) is 40.7 Å². The summed E-state index contributed by atoms with van der Waals surface area (Å²) in [6, 6.07) is 1.59. The fraction of sp³-hybridized carbons (Fsp3) is 0.458. The van der Waals surface area contributed by atoms with Gasteiger partial charge in [-0.3, -0.25) is 24.0 Å². The van der Waals surface area contributed by atoms with Gasteiger partial charge in [0.15, 0.2) is 0 Å². The van der Waals surface area contributed by atoms with Crippen LogP contribution in [0.4, 0.5) is 4.39 Å². The van der Waals surface area contributed by atoms with E-state index < -0.39 is 52.7 Å². The number of nitrogens with one attached hydrogen (secondary N) is 3. The van der Waals surface area contributed by atoms with Crippen LogP contribution in [0.2, 0.25) is 5.02 Å². The molecule has 5 N–H and O–H groups in total. The first-order valence-electron chi connectivity index (χ1n) is 11.1. The Morgan fingerprint density at radius 2 is 1.91 bits per heavy atom. The molecule has 1 aromatic rings. The Bertz CT molecular complexity index is 1040. The molecule has 35 heavy (non-hydrogen) atoms. The highest BCUT2D eigenvalue weighted by Crippen LogP contribution is 2.22. The lowest BCUT2D eigenvalue weighted by Gasteiger charge is -2.27. The van der Waals surface area contributed by atoms with Crippen LogP contribution in [0.5, 0.6) is 0 Å². The number of halogens is 2. The first-order valence-corrected chi connectivity index (χ1v) is 11.5. The smallest absolute Gasteiger partial charge is 0.287 e. The fourth-order valence-electron chi connectivity index (χ4n) is 3.67. The van der Waals surface area contributed by atoms with Crippen molar-refractivity contribution in [2.75, 3.05) is 6.54 Å². The molecule has 1 aromatic carbocycles. The van der Waals surface area contributed by atoms with Crippen LogP contribution in [0.3, 0.4) is 0 Å². The van der Waals surface area contributed by atoms with E-state index in [1.165, 1.54) is 18.2 Å². The van der Waals surface area contributed by atoms with Crippen molar-refractivity contribution in [1.82, 2.24) is 16.0 Å². The summed E-state index contributed by atoms with van der Waals surface area (Å²) in [5.41, 5.74) is 4.86. The number of primary amides is 1. The van der Waals surface area contributed by atoms with Crippen molar-refractivity contribution in [1.29, 1.82) is 0 Å². The molecule has 0 aromatic heterocycles. The Hall–Kier alpha value is -3.27. The van der Waals surface area contributed by atoms with Gasteiger partial charge in [-0.2, -0.15) is 0 Å². The number of Topliss-reactive ketones (excluding diaryl/α,β-unsaturated/α-hetero) is 1. The van der Waals surface area contributed by atoms with E-state index >= 15 is 0 Å². The molecule has 0 saturated carbocycles. The normalized spacial score (nSPS) is 17.5. The van der Waals surface area contributed by atoms with Crippen molar-refractivity contribution in [3.8, 4) is 0 Å². The molecule has 0 aliphatic carbocycles. The zero-order chi connectivity index (χ0) is 26.3. The molecule has 4 amide bonds. The first kappa shape index (κ1) is 28.0. The Morgan fingerprint density at radius 1 is 1.23 bits per heavy atom. The van der Waals surface area contributed by atoms with Crippen molar-refractivity contribution in [2.24, 2.45) is 17.1 Å². The minimum absolute atomic E-state index is 0.0920. The molecule has 2 rings (SSSR count). The van der Waals surface area contributed by atoms with Gasteiger partial charge in [0.2, 0.25) is 23.5 Å². The first-order chi connectivity index (χ1) is 16.3. The summed E-state index contributed by atoms with van der Waals surface area (Å²) in [5, 5.41) is 7.88. The molecule has 11 heteroatoms. The van der Waals surface area contributed by atoms with Crippen LogP contribution in [0, 0.1) is 17.2 Å². The quantitative estimate of drug-likeness (QED) is 0.279. The molecule has 9 nitrogen and oxygen atoms in total. The van der Waals surface area contributed by atoms with Gasteiger partial charge in [-0.25, -0.2) is 4.39 Å². The van der Waals surface area contributed by atoms with E-state index in [9.17, 15) is 28.4 Å². The van der Waals surface area contributed by atoms with Crippen molar-refractivity contribution >= 4 is 47.1 Å². The van der Waals surface area contributed by atoms with E-state index in [4.69, 9.17) is 17.3 Å². The topological polar surface area (TPSA) is 147 Å². The number of rotatable bonds is 10. The Balaban J connectivity index is 2.17. The van der Waals surface area contributed by atoms with Crippen LogP contribution in [-0.2, 0) is 24.0 Å². The van der Waals surface area contributed by atoms with E-state index in [2.05, 4.69) is 16.0 Å². The maximum absolute atomic E-state index is 14.0. The summed E-state index contributed by atoms with van der Waals surface area (Å²) >= 11 is 5.73. The van der Waals surface area contributed by atoms with Crippen LogP contribution >= 0.6 is 11.6 Å². The van der Waals surface area contributed by atoms with Gasteiger partial charge in [-0.1, -0.05) is 38.4 Å². The maximum Gasteiger partial charge on any atom is 0.287 e. The summed E-state index contributed by atoms with van der Waals surface area (Å²) in [7, 11) is 0. The lowest BCUT2D eigenvalue weighted by molar-refractivity contribution is -0.139. The van der Waals surface area contributed by atoms with E-state index in [-0.39, 0.29) is 29.3 Å². The molecule has 1 saturated heterocycles. The highest BCUT2D eigenvalue weighted by atomic mass is 35.5. The van der Waals surface area contributed by atoms with Gasteiger partial charge in [-0.05, 0) is 42.9 Å². The molecule has 1 heterocycles. The zero-order valence-electron chi connectivity index (χ0n) is 19.8. The molecule has 1 aliphatic heterocycles.